The van der Waals surface area contributed by atoms with Crippen LogP contribution >= 0.6 is 0 Å². The van der Waals surface area contributed by atoms with Crippen LogP contribution in [0.25, 0.3) is 0 Å². The predicted octanol–water partition coefficient (Wildman–Crippen LogP) is 8.59. The molecular weight excluding hydrogens is 504 g/mol. The van der Waals surface area contributed by atoms with Crippen molar-refractivity contribution in [2.45, 2.75) is 155 Å². The third-order valence-electron chi connectivity index (χ3n) is 7.21. The van der Waals surface area contributed by atoms with E-state index in [9.17, 15) is 19.5 Å². The minimum Gasteiger partial charge on any atom is -0.463 e. The molecule has 40 heavy (non-hydrogen) atoms. The largest absolute Gasteiger partial charge is 0.463 e. The molecule has 0 aliphatic carbocycles. The molecular formula is C34H60O6. The van der Waals surface area contributed by atoms with Crippen LogP contribution in [0.5, 0.6) is 0 Å². The number of carbonyl (C=O) groups excluding carboxylic acids is 3. The molecule has 2 atom stereocenters. The molecule has 0 aliphatic heterocycles. The van der Waals surface area contributed by atoms with Gasteiger partial charge in [-0.05, 0) is 44.1 Å². The Bertz CT molecular complexity index is 684. The highest BCUT2D eigenvalue weighted by molar-refractivity contribution is 5.89. The number of rotatable bonds is 28. The molecule has 1 unspecified atom stereocenters. The molecule has 0 fully saturated rings. The standard InChI is InChI=1S/C34H60O6/c1-4-6-7-8-9-14-19-24-31(35)25-20-15-12-17-22-27-34(38)40-29-32(36)28-39-33(37)26-21-16-11-10-13-18-23-30(3)5-2/h9,14,19,24,30,32,36H,4-8,10-13,15-18,20-23,25-29H2,1-3H3/b14-9-,24-19+/t30?,32-/m0/s1. The summed E-state index contributed by atoms with van der Waals surface area (Å²) in [4.78, 5) is 35.6. The molecule has 0 saturated carbocycles. The Labute approximate surface area is 245 Å². The zero-order valence-electron chi connectivity index (χ0n) is 26.0. The van der Waals surface area contributed by atoms with Gasteiger partial charge in [-0.15, -0.1) is 0 Å². The normalized spacial score (nSPS) is 13.1. The van der Waals surface area contributed by atoms with Gasteiger partial charge in [-0.1, -0.05) is 116 Å². The SMILES string of the molecule is CCCCC/C=C\C=C\C(=O)CCCCCCCC(=O)OC[C@@H](O)COC(=O)CCCCCCCCC(C)CC. The van der Waals surface area contributed by atoms with E-state index in [1.807, 2.05) is 12.2 Å². The van der Waals surface area contributed by atoms with Gasteiger partial charge < -0.3 is 14.6 Å². The van der Waals surface area contributed by atoms with E-state index in [-0.39, 0.29) is 30.9 Å². The molecule has 0 aromatic heterocycles. The summed E-state index contributed by atoms with van der Waals surface area (Å²) in [6.07, 6.45) is 26.2. The molecule has 0 aromatic rings. The van der Waals surface area contributed by atoms with Crippen molar-refractivity contribution in [2.75, 3.05) is 13.2 Å². The monoisotopic (exact) mass is 564 g/mol. The lowest BCUT2D eigenvalue weighted by Gasteiger charge is -2.12. The van der Waals surface area contributed by atoms with Gasteiger partial charge in [0.15, 0.2) is 5.78 Å². The molecule has 0 rings (SSSR count). The molecule has 0 saturated heterocycles. The van der Waals surface area contributed by atoms with E-state index in [1.54, 1.807) is 6.08 Å². The number of unbranched alkanes of at least 4 members (excludes halogenated alkanes) is 12. The van der Waals surface area contributed by atoms with Crippen molar-refractivity contribution in [3.63, 3.8) is 0 Å². The van der Waals surface area contributed by atoms with E-state index in [0.717, 1.165) is 63.7 Å². The second-order valence-electron chi connectivity index (χ2n) is 11.2. The molecule has 1 N–H and O–H groups in total. The van der Waals surface area contributed by atoms with Crippen LogP contribution in [0.3, 0.4) is 0 Å². The summed E-state index contributed by atoms with van der Waals surface area (Å²) in [5.74, 6) is 0.315. The number of allylic oxidation sites excluding steroid dienone is 4. The third kappa shape index (κ3) is 27.6. The van der Waals surface area contributed by atoms with E-state index in [2.05, 4.69) is 26.8 Å². The fourth-order valence-corrected chi connectivity index (χ4v) is 4.28. The first-order valence-electron chi connectivity index (χ1n) is 16.2. The van der Waals surface area contributed by atoms with Gasteiger partial charge in [0.05, 0.1) is 0 Å². The van der Waals surface area contributed by atoms with Crippen LogP contribution in [0, 0.1) is 5.92 Å². The zero-order valence-corrected chi connectivity index (χ0v) is 26.0. The predicted molar refractivity (Wildman–Crippen MR) is 164 cm³/mol. The average molecular weight is 565 g/mol. The number of hydrogen-bond donors (Lipinski definition) is 1. The van der Waals surface area contributed by atoms with E-state index in [4.69, 9.17) is 9.47 Å². The van der Waals surface area contributed by atoms with Crippen LogP contribution in [0.4, 0.5) is 0 Å². The minimum absolute atomic E-state index is 0.148. The van der Waals surface area contributed by atoms with Crippen molar-refractivity contribution < 1.29 is 29.0 Å². The first-order chi connectivity index (χ1) is 19.4. The van der Waals surface area contributed by atoms with Gasteiger partial charge in [0.25, 0.3) is 0 Å². The molecule has 0 spiro atoms. The molecule has 6 nitrogen and oxygen atoms in total. The fourth-order valence-electron chi connectivity index (χ4n) is 4.28. The molecule has 0 aliphatic rings. The van der Waals surface area contributed by atoms with Crippen molar-refractivity contribution in [1.29, 1.82) is 0 Å². The Morgan fingerprint density at radius 3 is 1.75 bits per heavy atom. The van der Waals surface area contributed by atoms with Crippen LogP contribution in [-0.4, -0.2) is 42.1 Å². The van der Waals surface area contributed by atoms with E-state index < -0.39 is 6.10 Å². The summed E-state index contributed by atoms with van der Waals surface area (Å²) in [7, 11) is 0. The Morgan fingerprint density at radius 2 is 1.20 bits per heavy atom. The topological polar surface area (TPSA) is 89.9 Å². The maximum absolute atomic E-state index is 11.9. The number of aliphatic hydroxyl groups is 1. The number of ether oxygens (including phenoxy) is 2. The van der Waals surface area contributed by atoms with Gasteiger partial charge in [-0.3, -0.25) is 14.4 Å². The van der Waals surface area contributed by atoms with Crippen LogP contribution in [0.1, 0.15) is 149 Å². The van der Waals surface area contributed by atoms with Gasteiger partial charge >= 0.3 is 11.9 Å². The van der Waals surface area contributed by atoms with Gasteiger partial charge in [0.1, 0.15) is 19.3 Å². The van der Waals surface area contributed by atoms with Crippen molar-refractivity contribution in [3.05, 3.63) is 24.3 Å². The quantitative estimate of drug-likeness (QED) is 0.0443. The maximum atomic E-state index is 11.9. The van der Waals surface area contributed by atoms with Gasteiger partial charge in [0.2, 0.25) is 0 Å². The molecule has 0 bridgehead atoms. The Balaban J connectivity index is 3.58. The molecule has 0 aromatic carbocycles. The van der Waals surface area contributed by atoms with Gasteiger partial charge in [0, 0.05) is 19.3 Å². The highest BCUT2D eigenvalue weighted by Gasteiger charge is 2.12. The highest BCUT2D eigenvalue weighted by Crippen LogP contribution is 2.14. The van der Waals surface area contributed by atoms with Gasteiger partial charge in [-0.2, -0.15) is 0 Å². The Hall–Kier alpha value is -1.95. The summed E-state index contributed by atoms with van der Waals surface area (Å²) >= 11 is 0. The van der Waals surface area contributed by atoms with E-state index >= 15 is 0 Å². The number of carbonyl (C=O) groups is 3. The summed E-state index contributed by atoms with van der Waals surface area (Å²) in [5.41, 5.74) is 0. The lowest BCUT2D eigenvalue weighted by Crippen LogP contribution is -2.25. The lowest BCUT2D eigenvalue weighted by molar-refractivity contribution is -0.152. The molecule has 0 amide bonds. The number of hydrogen-bond acceptors (Lipinski definition) is 6. The highest BCUT2D eigenvalue weighted by atomic mass is 16.6. The van der Waals surface area contributed by atoms with E-state index in [1.165, 1.54) is 51.4 Å². The van der Waals surface area contributed by atoms with Crippen molar-refractivity contribution >= 4 is 17.7 Å². The average Bonchev–Trinajstić information content (AvgIpc) is 2.95. The molecule has 232 valence electrons. The fraction of sp³-hybridized carbons (Fsp3) is 0.794. The van der Waals surface area contributed by atoms with Gasteiger partial charge in [-0.25, -0.2) is 0 Å². The number of ketones is 1. The second-order valence-corrected chi connectivity index (χ2v) is 11.2. The van der Waals surface area contributed by atoms with Crippen molar-refractivity contribution in [1.82, 2.24) is 0 Å². The smallest absolute Gasteiger partial charge is 0.305 e. The third-order valence-corrected chi connectivity index (χ3v) is 7.21. The number of aliphatic hydroxyl groups excluding tert-OH is 1. The van der Waals surface area contributed by atoms with Crippen LogP contribution < -0.4 is 0 Å². The Morgan fingerprint density at radius 1 is 0.675 bits per heavy atom. The zero-order chi connectivity index (χ0) is 29.7. The van der Waals surface area contributed by atoms with E-state index in [0.29, 0.717) is 19.3 Å². The number of esters is 2. The van der Waals surface area contributed by atoms with Crippen LogP contribution in [0.15, 0.2) is 24.3 Å². The molecule has 0 heterocycles. The maximum Gasteiger partial charge on any atom is 0.305 e. The first-order valence-corrected chi connectivity index (χ1v) is 16.2. The summed E-state index contributed by atoms with van der Waals surface area (Å²) in [6, 6.07) is 0. The first kappa shape index (κ1) is 38.0. The lowest BCUT2D eigenvalue weighted by atomic mass is 10.00. The summed E-state index contributed by atoms with van der Waals surface area (Å²) in [5, 5.41) is 9.93. The molecule has 6 heteroatoms. The molecule has 0 radical (unpaired) electrons. The van der Waals surface area contributed by atoms with Crippen molar-refractivity contribution in [3.8, 4) is 0 Å². The summed E-state index contributed by atoms with van der Waals surface area (Å²) < 4.78 is 10.2. The second kappa shape index (κ2) is 28.6. The van der Waals surface area contributed by atoms with Crippen LogP contribution in [-0.2, 0) is 23.9 Å². The van der Waals surface area contributed by atoms with Crippen LogP contribution in [0.2, 0.25) is 0 Å². The minimum atomic E-state index is -0.999. The summed E-state index contributed by atoms with van der Waals surface area (Å²) in [6.45, 7) is 6.42. The Kier molecular flexibility index (Phi) is 27.2. The van der Waals surface area contributed by atoms with Crippen molar-refractivity contribution in [2.24, 2.45) is 5.92 Å².